The van der Waals surface area contributed by atoms with Crippen LogP contribution in [0.25, 0.3) is 0 Å². The number of fused-ring (bicyclic) bond motifs is 1. The van der Waals surface area contributed by atoms with Crippen molar-refractivity contribution in [3.8, 4) is 0 Å². The monoisotopic (exact) mass is 405 g/mol. The lowest BCUT2D eigenvalue weighted by Gasteiger charge is -2.23. The van der Waals surface area contributed by atoms with E-state index in [1.54, 1.807) is 0 Å². The van der Waals surface area contributed by atoms with Gasteiger partial charge < -0.3 is 14.7 Å². The molecule has 14 heteroatoms. The molecule has 0 aromatic heterocycles. The van der Waals surface area contributed by atoms with E-state index in [9.17, 15) is 32.0 Å². The first-order valence-electron chi connectivity index (χ1n) is 6.95. The van der Waals surface area contributed by atoms with E-state index < -0.39 is 63.4 Å². The van der Waals surface area contributed by atoms with Gasteiger partial charge in [0.25, 0.3) is 10.1 Å². The molecular formula is C11H11F2O10S2-. The molecule has 1 saturated heterocycles. The third-order valence-corrected chi connectivity index (χ3v) is 6.85. The molecule has 1 heterocycles. The van der Waals surface area contributed by atoms with Gasteiger partial charge in [0.05, 0.1) is 12.0 Å². The molecule has 3 rings (SSSR count). The van der Waals surface area contributed by atoms with Gasteiger partial charge in [-0.05, 0) is 18.8 Å². The largest absolute Gasteiger partial charge is 0.691 e. The minimum atomic E-state index is -4.26. The highest BCUT2D eigenvalue weighted by molar-refractivity contribution is 7.96. The standard InChI is InChI=1S/C11H12F2O10S2/c12-11(13,24-23-22-16)10(15)20-3-19-9(14)7-4-1-5-6(2-4)21-25(17,18)8(5)7/h4-8,16H,1-3H2/p-1. The molecule has 25 heavy (non-hydrogen) atoms. The van der Waals surface area contributed by atoms with Gasteiger partial charge in [-0.15, -0.1) is 0 Å². The van der Waals surface area contributed by atoms with Crippen LogP contribution in [0.3, 0.4) is 0 Å². The lowest BCUT2D eigenvalue weighted by molar-refractivity contribution is -0.777. The molecule has 0 N–H and O–H groups in total. The number of carbonyl (C=O) groups is 2. The number of rotatable bonds is 7. The third-order valence-electron chi connectivity index (χ3n) is 4.53. The molecule has 0 radical (unpaired) electrons. The summed E-state index contributed by atoms with van der Waals surface area (Å²) < 4.78 is 67.0. The lowest BCUT2D eigenvalue weighted by Crippen LogP contribution is -2.38. The molecule has 10 nitrogen and oxygen atoms in total. The maximum Gasteiger partial charge on any atom is 0.415 e. The van der Waals surface area contributed by atoms with Gasteiger partial charge in [-0.1, -0.05) is 0 Å². The second-order valence-corrected chi connectivity index (χ2v) is 8.30. The Balaban J connectivity index is 1.53. The number of alkyl halides is 2. The molecule has 0 amide bonds. The quantitative estimate of drug-likeness (QED) is 0.132. The summed E-state index contributed by atoms with van der Waals surface area (Å²) in [4.78, 5) is 23.2. The van der Waals surface area contributed by atoms with Crippen LogP contribution < -0.4 is 5.26 Å². The van der Waals surface area contributed by atoms with Crippen molar-refractivity contribution in [3.63, 3.8) is 0 Å². The van der Waals surface area contributed by atoms with Crippen LogP contribution in [0.4, 0.5) is 8.78 Å². The van der Waals surface area contributed by atoms with Crippen molar-refractivity contribution in [2.45, 2.75) is 29.5 Å². The second-order valence-electron chi connectivity index (χ2n) is 5.76. The summed E-state index contributed by atoms with van der Waals surface area (Å²) in [7, 11) is -3.89. The zero-order chi connectivity index (χ0) is 18.4. The maximum absolute atomic E-state index is 13.1. The maximum atomic E-state index is 13.1. The van der Waals surface area contributed by atoms with Crippen LogP contribution >= 0.6 is 12.0 Å². The molecule has 1 aliphatic heterocycles. The van der Waals surface area contributed by atoms with Gasteiger partial charge >= 0.3 is 17.2 Å². The summed E-state index contributed by atoms with van der Waals surface area (Å²) in [6, 6.07) is 0. The van der Waals surface area contributed by atoms with Gasteiger partial charge in [-0.25, -0.2) is 4.79 Å². The first-order valence-corrected chi connectivity index (χ1v) is 9.17. The smallest absolute Gasteiger partial charge is 0.415 e. The zero-order valence-electron chi connectivity index (χ0n) is 12.2. The third kappa shape index (κ3) is 3.33. The number of carbonyl (C=O) groups excluding carboxylic acids is 2. The van der Waals surface area contributed by atoms with Crippen LogP contribution in [0, 0.1) is 17.8 Å². The molecule has 3 fully saturated rings. The van der Waals surface area contributed by atoms with Crippen molar-refractivity contribution in [2.24, 2.45) is 17.8 Å². The van der Waals surface area contributed by atoms with Gasteiger partial charge in [0.1, 0.15) is 17.3 Å². The Hall–Kier alpha value is -1.06. The minimum absolute atomic E-state index is 0.250. The highest BCUT2D eigenvalue weighted by Crippen LogP contribution is 2.57. The Morgan fingerprint density at radius 2 is 2.00 bits per heavy atom. The van der Waals surface area contributed by atoms with Crippen molar-refractivity contribution in [1.82, 2.24) is 0 Å². The van der Waals surface area contributed by atoms with E-state index >= 15 is 0 Å². The van der Waals surface area contributed by atoms with E-state index in [2.05, 4.69) is 18.8 Å². The average molecular weight is 405 g/mol. The van der Waals surface area contributed by atoms with E-state index in [4.69, 9.17) is 4.18 Å². The molecular weight excluding hydrogens is 394 g/mol. The number of hydrogen-bond acceptors (Lipinski definition) is 11. The molecule has 0 aromatic carbocycles. The average Bonchev–Trinajstić information content (AvgIpc) is 3.13. The molecule has 3 aliphatic rings. The molecule has 0 aromatic rings. The number of halogens is 2. The highest BCUT2D eigenvalue weighted by Gasteiger charge is 2.66. The Bertz CT molecular complexity index is 666. The Morgan fingerprint density at radius 1 is 1.28 bits per heavy atom. The normalized spacial score (nSPS) is 34.9. The number of hydrogen-bond donors (Lipinski definition) is 0. The van der Waals surface area contributed by atoms with Gasteiger partial charge in [-0.2, -0.15) is 21.5 Å². The van der Waals surface area contributed by atoms with Gasteiger partial charge in [0, 0.05) is 5.92 Å². The van der Waals surface area contributed by atoms with E-state index in [0.29, 0.717) is 12.8 Å². The molecule has 2 aliphatic carbocycles. The minimum Gasteiger partial charge on any atom is -0.691 e. The van der Waals surface area contributed by atoms with Crippen LogP contribution in [0.5, 0.6) is 0 Å². The number of esters is 2. The van der Waals surface area contributed by atoms with Crippen molar-refractivity contribution in [1.29, 1.82) is 0 Å². The van der Waals surface area contributed by atoms with Crippen molar-refractivity contribution >= 4 is 34.1 Å². The fourth-order valence-corrected chi connectivity index (χ4v) is 6.06. The predicted octanol–water partition coefficient (Wildman–Crippen LogP) is -0.752. The Labute approximate surface area is 143 Å². The van der Waals surface area contributed by atoms with Crippen LogP contribution in [0.2, 0.25) is 0 Å². The predicted molar refractivity (Wildman–Crippen MR) is 69.0 cm³/mol. The van der Waals surface area contributed by atoms with Crippen molar-refractivity contribution in [2.75, 3.05) is 6.79 Å². The summed E-state index contributed by atoms with van der Waals surface area (Å²) in [6.45, 7) is -1.14. The Morgan fingerprint density at radius 3 is 2.68 bits per heavy atom. The van der Waals surface area contributed by atoms with Crippen LogP contribution in [0.1, 0.15) is 12.8 Å². The molecule has 142 valence electrons. The molecule has 0 spiro atoms. The van der Waals surface area contributed by atoms with E-state index in [1.807, 2.05) is 0 Å². The lowest BCUT2D eigenvalue weighted by atomic mass is 9.87. The highest BCUT2D eigenvalue weighted by atomic mass is 32.2. The van der Waals surface area contributed by atoms with E-state index in [-0.39, 0.29) is 11.8 Å². The zero-order valence-corrected chi connectivity index (χ0v) is 13.8. The fraction of sp³-hybridized carbons (Fsp3) is 0.818. The first kappa shape index (κ1) is 18.7. The summed E-state index contributed by atoms with van der Waals surface area (Å²) in [6.07, 6.45) is 0.456. The summed E-state index contributed by atoms with van der Waals surface area (Å²) in [5.74, 6) is -4.63. The molecule has 5 unspecified atom stereocenters. The van der Waals surface area contributed by atoms with Crippen LogP contribution in [0.15, 0.2) is 0 Å². The van der Waals surface area contributed by atoms with Gasteiger partial charge in [0.2, 0.25) is 6.79 Å². The SMILES string of the molecule is O=C(OCOC(=O)C(F)(F)SOO[O-])C1C2CC3OS(=O)(=O)C1C3C2. The second kappa shape index (κ2) is 6.59. The first-order chi connectivity index (χ1) is 11.7. The summed E-state index contributed by atoms with van der Waals surface area (Å²) in [5, 5.41) is 6.86. The molecule has 2 saturated carbocycles. The van der Waals surface area contributed by atoms with Crippen LogP contribution in [-0.2, 0) is 42.7 Å². The van der Waals surface area contributed by atoms with Gasteiger partial charge in [-0.3, -0.25) is 14.0 Å². The summed E-state index contributed by atoms with van der Waals surface area (Å²) in [5.41, 5.74) is 0. The van der Waals surface area contributed by atoms with E-state index in [0.717, 1.165) is 0 Å². The van der Waals surface area contributed by atoms with E-state index in [1.165, 1.54) is 0 Å². The van der Waals surface area contributed by atoms with Crippen molar-refractivity contribution < 1.29 is 55.1 Å². The van der Waals surface area contributed by atoms with Gasteiger partial charge in [0.15, 0.2) is 0 Å². The summed E-state index contributed by atoms with van der Waals surface area (Å²) >= 11 is -0.889. The Kier molecular flexibility index (Phi) is 4.93. The fourth-order valence-electron chi connectivity index (χ4n) is 3.72. The molecule has 2 bridgehead atoms. The van der Waals surface area contributed by atoms with Crippen molar-refractivity contribution in [3.05, 3.63) is 0 Å². The topological polar surface area (TPSA) is 137 Å². The molecule has 5 atom stereocenters. The van der Waals surface area contributed by atoms with Crippen LogP contribution in [-0.4, -0.2) is 43.8 Å². The number of ether oxygens (including phenoxy) is 2.